The number of aryl methyl sites for hydroxylation is 3. The number of likely N-dealkylation sites (tertiary alicyclic amines) is 1. The predicted octanol–water partition coefficient (Wildman–Crippen LogP) is 5.91. The molecular weight excluding hydrogens is 611 g/mol. The molecule has 1 saturated carbocycles. The summed E-state index contributed by atoms with van der Waals surface area (Å²) in [6, 6.07) is 6.84. The lowest BCUT2D eigenvalue weighted by Gasteiger charge is -2.27. The van der Waals surface area contributed by atoms with Gasteiger partial charge in [0.2, 0.25) is 11.8 Å². The number of nitrogens with one attached hydrogen (secondary N) is 1. The molecule has 3 atom stereocenters. The molecule has 1 N–H and O–H groups in total. The summed E-state index contributed by atoms with van der Waals surface area (Å²) in [5, 5.41) is 7.70. The van der Waals surface area contributed by atoms with Gasteiger partial charge in [-0.3, -0.25) is 14.4 Å². The Hall–Kier alpha value is -5.07. The normalized spacial score (nSPS) is 20.6. The van der Waals surface area contributed by atoms with E-state index in [-0.39, 0.29) is 35.5 Å². The first-order valence-electron chi connectivity index (χ1n) is 15.3. The number of alkyl halides is 3. The molecule has 0 radical (unpaired) electrons. The maximum Gasteiger partial charge on any atom is 0.433 e. The first-order valence-corrected chi connectivity index (χ1v) is 15.3. The number of carbonyl (C=O) groups excluding carboxylic acids is 3. The lowest BCUT2D eigenvalue weighted by Crippen LogP contribution is -2.46. The average Bonchev–Trinajstić information content (AvgIpc) is 3.26. The van der Waals surface area contributed by atoms with Crippen LogP contribution in [0.25, 0.3) is 27.7 Å². The van der Waals surface area contributed by atoms with Crippen LogP contribution in [-0.2, 0) is 22.3 Å². The van der Waals surface area contributed by atoms with Crippen LogP contribution >= 0.6 is 0 Å². The number of aromatic nitrogens is 5. The predicted molar refractivity (Wildman–Crippen MR) is 168 cm³/mol. The number of hydrogen-bond acceptors (Lipinski definition) is 6. The molecule has 4 aromatic heterocycles. The number of carbonyl (C=O) groups is 3. The highest BCUT2D eigenvalue weighted by atomic mass is 19.4. The van der Waals surface area contributed by atoms with Crippen molar-refractivity contribution in [3.63, 3.8) is 0 Å². The van der Waals surface area contributed by atoms with Crippen LogP contribution < -0.4 is 5.32 Å². The molecule has 1 aromatic carbocycles. The molecule has 242 valence electrons. The summed E-state index contributed by atoms with van der Waals surface area (Å²) in [4.78, 5) is 50.1. The average molecular weight is 644 g/mol. The van der Waals surface area contributed by atoms with Gasteiger partial charge >= 0.3 is 6.18 Å². The Morgan fingerprint density at radius 3 is 2.51 bits per heavy atom. The third kappa shape index (κ3) is 5.23. The number of Topliss-reactive ketones (excluding diaryl/α,β-unsaturated/α-hetero) is 1. The summed E-state index contributed by atoms with van der Waals surface area (Å²) in [6.07, 6.45) is 1.75. The van der Waals surface area contributed by atoms with E-state index in [1.807, 2.05) is 45.2 Å². The fourth-order valence-corrected chi connectivity index (χ4v) is 6.97. The molecule has 0 bridgehead atoms. The number of hydrogen-bond donors (Lipinski definition) is 1. The first kappa shape index (κ1) is 30.6. The Kier molecular flexibility index (Phi) is 6.81. The Morgan fingerprint density at radius 2 is 1.79 bits per heavy atom. The molecule has 1 aliphatic heterocycles. The molecule has 7 rings (SSSR count). The van der Waals surface area contributed by atoms with E-state index in [1.54, 1.807) is 33.3 Å². The van der Waals surface area contributed by atoms with E-state index in [1.165, 1.54) is 13.0 Å². The van der Waals surface area contributed by atoms with E-state index in [0.717, 1.165) is 46.0 Å². The molecule has 47 heavy (non-hydrogen) atoms. The number of benzene rings is 1. The van der Waals surface area contributed by atoms with Crippen molar-refractivity contribution in [3.05, 3.63) is 77.0 Å². The Balaban J connectivity index is 1.19. The molecule has 1 saturated heterocycles. The molecule has 10 nitrogen and oxygen atoms in total. The second kappa shape index (κ2) is 10.5. The minimum Gasteiger partial charge on any atom is -0.337 e. The van der Waals surface area contributed by atoms with Gasteiger partial charge in [-0.05, 0) is 80.8 Å². The molecule has 2 fully saturated rings. The minimum atomic E-state index is -4.67. The van der Waals surface area contributed by atoms with Crippen molar-refractivity contribution in [1.82, 2.24) is 29.0 Å². The van der Waals surface area contributed by atoms with Gasteiger partial charge in [-0.2, -0.15) is 18.3 Å². The summed E-state index contributed by atoms with van der Waals surface area (Å²) in [6.45, 7) is 8.71. The van der Waals surface area contributed by atoms with Crippen LogP contribution in [0.4, 0.5) is 19.0 Å². The number of nitrogens with zero attached hydrogens (tertiary/aromatic N) is 6. The summed E-state index contributed by atoms with van der Waals surface area (Å²) in [5.41, 5.74) is 4.24. The van der Waals surface area contributed by atoms with Crippen molar-refractivity contribution in [3.8, 4) is 11.1 Å². The zero-order valence-electron chi connectivity index (χ0n) is 26.4. The second-order valence-electron chi connectivity index (χ2n) is 13.1. The van der Waals surface area contributed by atoms with Crippen LogP contribution in [0.15, 0.2) is 48.9 Å². The molecule has 1 unspecified atom stereocenters. The number of halogens is 3. The highest BCUT2D eigenvalue weighted by Crippen LogP contribution is 2.59. The lowest BCUT2D eigenvalue weighted by molar-refractivity contribution is -0.141. The van der Waals surface area contributed by atoms with E-state index in [0.29, 0.717) is 22.9 Å². The quantitative estimate of drug-likeness (QED) is 0.230. The van der Waals surface area contributed by atoms with Gasteiger partial charge in [-0.1, -0.05) is 13.0 Å². The van der Waals surface area contributed by atoms with Gasteiger partial charge < -0.3 is 14.8 Å². The Labute approximate surface area is 267 Å². The Bertz CT molecular complexity index is 2150. The van der Waals surface area contributed by atoms with Crippen LogP contribution in [0.5, 0.6) is 0 Å². The number of rotatable bonds is 6. The minimum absolute atomic E-state index is 0.124. The highest BCUT2D eigenvalue weighted by Gasteiger charge is 2.64. The van der Waals surface area contributed by atoms with Gasteiger partial charge in [0.1, 0.15) is 24.1 Å². The zero-order chi connectivity index (χ0) is 33.6. The summed E-state index contributed by atoms with van der Waals surface area (Å²) in [7, 11) is 0. The van der Waals surface area contributed by atoms with Crippen LogP contribution in [0.3, 0.4) is 0 Å². The van der Waals surface area contributed by atoms with Gasteiger partial charge in [-0.25, -0.2) is 14.5 Å². The second-order valence-corrected chi connectivity index (χ2v) is 13.1. The van der Waals surface area contributed by atoms with Crippen molar-refractivity contribution in [2.45, 2.75) is 72.3 Å². The van der Waals surface area contributed by atoms with E-state index in [2.05, 4.69) is 20.4 Å². The van der Waals surface area contributed by atoms with Gasteiger partial charge in [0.15, 0.2) is 11.4 Å². The van der Waals surface area contributed by atoms with Crippen molar-refractivity contribution in [2.24, 2.45) is 5.41 Å². The van der Waals surface area contributed by atoms with Gasteiger partial charge in [-0.15, -0.1) is 0 Å². The van der Waals surface area contributed by atoms with Crippen LogP contribution in [0.1, 0.15) is 59.6 Å². The molecule has 5 heterocycles. The fourth-order valence-electron chi connectivity index (χ4n) is 6.97. The molecule has 13 heteroatoms. The first-order chi connectivity index (χ1) is 22.1. The number of pyridine rings is 1. The number of amides is 2. The van der Waals surface area contributed by atoms with Gasteiger partial charge in [0.05, 0.1) is 11.2 Å². The third-order valence-electron chi connectivity index (χ3n) is 9.47. The van der Waals surface area contributed by atoms with E-state index < -0.39 is 23.8 Å². The lowest BCUT2D eigenvalue weighted by atomic mass is 10.0. The van der Waals surface area contributed by atoms with Crippen LogP contribution in [0.2, 0.25) is 0 Å². The van der Waals surface area contributed by atoms with E-state index >= 15 is 0 Å². The molecule has 1 aliphatic carbocycles. The van der Waals surface area contributed by atoms with Crippen molar-refractivity contribution >= 4 is 40.0 Å². The maximum atomic E-state index is 14.0. The summed E-state index contributed by atoms with van der Waals surface area (Å²) in [5.74, 6) is -1.24. The molecule has 0 spiro atoms. The molecule has 2 amide bonds. The number of anilines is 1. The number of piperidine rings is 1. The smallest absolute Gasteiger partial charge is 0.337 e. The van der Waals surface area contributed by atoms with Gasteiger partial charge in [0.25, 0.3) is 0 Å². The topological polar surface area (TPSA) is 114 Å². The summed E-state index contributed by atoms with van der Waals surface area (Å²) < 4.78 is 43.4. The monoisotopic (exact) mass is 643 g/mol. The largest absolute Gasteiger partial charge is 0.433 e. The van der Waals surface area contributed by atoms with Crippen LogP contribution in [-0.4, -0.2) is 58.7 Å². The molecule has 2 aliphatic rings. The van der Waals surface area contributed by atoms with Crippen molar-refractivity contribution in [2.75, 3.05) is 5.32 Å². The standard InChI is InChI=1S/C34H32F3N7O3/c1-17-6-7-26(34(35,36)37)39-31(17)40-32(47)25-11-33(5)12-27(33)44(25)29(46)16-42-15-24(20(4)45)23-10-21(8-18(2)30(23)42)22-13-38-28-9-19(3)41-43(28)14-22/h6-10,13-15,25,27H,11-12,16H2,1-5H3,(H,39,40,47)/t25-,27?,33-/m0/s1. The SMILES string of the molecule is CC(=O)c1cn(CC(=O)N2C3C[C@]3(C)C[C@H]2C(=O)Nc2nc(C(F)(F)F)ccc2C)c2c(C)cc(-c3cnc4cc(C)nn4c3)cc12. The molecule has 5 aromatic rings. The number of fused-ring (bicyclic) bond motifs is 3. The zero-order valence-corrected chi connectivity index (χ0v) is 26.4. The van der Waals surface area contributed by atoms with E-state index in [9.17, 15) is 27.6 Å². The van der Waals surface area contributed by atoms with Crippen molar-refractivity contribution in [1.29, 1.82) is 0 Å². The Morgan fingerprint density at radius 1 is 1.02 bits per heavy atom. The third-order valence-corrected chi connectivity index (χ3v) is 9.47. The van der Waals surface area contributed by atoms with Crippen LogP contribution in [0, 0.1) is 26.2 Å². The fraction of sp³-hybridized carbons (Fsp3) is 0.353. The molecular formula is C34H32F3N7O3. The highest BCUT2D eigenvalue weighted by molar-refractivity contribution is 6.09. The number of ketones is 1. The van der Waals surface area contributed by atoms with E-state index in [4.69, 9.17) is 0 Å². The maximum absolute atomic E-state index is 14.0. The van der Waals surface area contributed by atoms with Gasteiger partial charge in [0, 0.05) is 47.2 Å². The summed E-state index contributed by atoms with van der Waals surface area (Å²) >= 11 is 0. The van der Waals surface area contributed by atoms with Crippen molar-refractivity contribution < 1.29 is 27.6 Å².